The molecule has 0 amide bonds. The summed E-state index contributed by atoms with van der Waals surface area (Å²) in [6, 6.07) is 0.349. The van der Waals surface area contributed by atoms with E-state index in [9.17, 15) is 0 Å². The summed E-state index contributed by atoms with van der Waals surface area (Å²) in [7, 11) is 0. The van der Waals surface area contributed by atoms with Crippen molar-refractivity contribution >= 4 is 17.2 Å². The molecule has 2 rings (SSSR count). The Morgan fingerprint density at radius 3 is 2.93 bits per heavy atom. The highest BCUT2D eigenvalue weighted by Gasteiger charge is 2.27. The summed E-state index contributed by atoms with van der Waals surface area (Å²) in [5, 5.41) is 0. The third-order valence-electron chi connectivity index (χ3n) is 3.45. The molecule has 2 heterocycles. The van der Waals surface area contributed by atoms with E-state index in [1.807, 2.05) is 0 Å². The largest absolute Gasteiger partial charge is 0.392 e. The number of thiocarbonyl (C=S) groups is 1. The minimum absolute atomic E-state index is 0.349. The molecule has 0 aromatic carbocycles. The van der Waals surface area contributed by atoms with Gasteiger partial charge in [0.15, 0.2) is 0 Å². The zero-order chi connectivity index (χ0) is 10.7. The summed E-state index contributed by atoms with van der Waals surface area (Å²) in [4.78, 5) is 3.09. The van der Waals surface area contributed by atoms with Gasteiger partial charge in [0.1, 0.15) is 0 Å². The Morgan fingerprint density at radius 1 is 1.40 bits per heavy atom. The maximum atomic E-state index is 5.73. The van der Waals surface area contributed by atoms with Crippen LogP contribution in [-0.4, -0.2) is 41.7 Å². The van der Waals surface area contributed by atoms with Crippen molar-refractivity contribution < 1.29 is 4.74 Å². The highest BCUT2D eigenvalue weighted by Crippen LogP contribution is 2.21. The average molecular weight is 228 g/mol. The van der Waals surface area contributed by atoms with Gasteiger partial charge in [-0.2, -0.15) is 0 Å². The number of likely N-dealkylation sites (tertiary alicyclic amines) is 1. The maximum absolute atomic E-state index is 5.73. The number of nitrogens with zero attached hydrogens (tertiary/aromatic N) is 1. The Hall–Kier alpha value is -0.190. The molecule has 3 nitrogen and oxygen atoms in total. The summed E-state index contributed by atoms with van der Waals surface area (Å²) < 4.78 is 5.62. The number of ether oxygens (including phenoxy) is 1. The topological polar surface area (TPSA) is 38.5 Å². The van der Waals surface area contributed by atoms with Gasteiger partial charge in [-0.05, 0) is 38.6 Å². The van der Waals surface area contributed by atoms with Crippen LogP contribution in [0, 0.1) is 0 Å². The summed E-state index contributed by atoms with van der Waals surface area (Å²) >= 11 is 5.09. The van der Waals surface area contributed by atoms with Gasteiger partial charge in [0.2, 0.25) is 0 Å². The van der Waals surface area contributed by atoms with Crippen molar-refractivity contribution in [2.24, 2.45) is 5.73 Å². The first-order chi connectivity index (χ1) is 7.27. The van der Waals surface area contributed by atoms with Crippen LogP contribution in [-0.2, 0) is 4.74 Å². The van der Waals surface area contributed by atoms with Gasteiger partial charge in [-0.1, -0.05) is 12.2 Å². The molecule has 86 valence electrons. The molecule has 2 aliphatic rings. The smallest absolute Gasteiger partial charge is 0.0902 e. The third-order valence-corrected chi connectivity index (χ3v) is 3.73. The van der Waals surface area contributed by atoms with Crippen LogP contribution in [0.4, 0.5) is 0 Å². The fourth-order valence-electron chi connectivity index (χ4n) is 2.60. The zero-order valence-electron chi connectivity index (χ0n) is 9.15. The summed E-state index contributed by atoms with van der Waals surface area (Å²) in [5.74, 6) is 0. The van der Waals surface area contributed by atoms with E-state index in [-0.39, 0.29) is 0 Å². The Kier molecular flexibility index (Phi) is 3.94. The Morgan fingerprint density at radius 2 is 2.27 bits per heavy atom. The summed E-state index contributed by atoms with van der Waals surface area (Å²) in [6.07, 6.45) is 6.44. The van der Waals surface area contributed by atoms with E-state index < -0.39 is 0 Å². The molecule has 15 heavy (non-hydrogen) atoms. The van der Waals surface area contributed by atoms with Crippen molar-refractivity contribution in [3.05, 3.63) is 0 Å². The number of rotatable bonds is 4. The van der Waals surface area contributed by atoms with Crippen molar-refractivity contribution in [1.29, 1.82) is 0 Å². The predicted molar refractivity (Wildman–Crippen MR) is 65.0 cm³/mol. The fourth-order valence-corrected chi connectivity index (χ4v) is 2.86. The van der Waals surface area contributed by atoms with Crippen molar-refractivity contribution in [3.63, 3.8) is 0 Å². The molecule has 0 aromatic heterocycles. The first-order valence-electron chi connectivity index (χ1n) is 5.92. The molecule has 2 aliphatic heterocycles. The predicted octanol–water partition coefficient (Wildman–Crippen LogP) is 1.31. The highest BCUT2D eigenvalue weighted by atomic mass is 32.1. The van der Waals surface area contributed by atoms with Gasteiger partial charge in [-0.15, -0.1) is 0 Å². The minimum Gasteiger partial charge on any atom is -0.392 e. The molecule has 4 heteroatoms. The first-order valence-corrected chi connectivity index (χ1v) is 6.33. The van der Waals surface area contributed by atoms with Gasteiger partial charge >= 0.3 is 0 Å². The zero-order valence-corrected chi connectivity index (χ0v) is 9.97. The standard InChI is InChI=1S/C11H20N2OS/c12-11(15)10-4-1-6-13(10)7-5-9-3-2-8-14-9/h9-10H,1-8H2,(H2,12,15). The number of nitrogens with two attached hydrogens (primary N) is 1. The van der Waals surface area contributed by atoms with Crippen LogP contribution in [0.5, 0.6) is 0 Å². The molecular weight excluding hydrogens is 208 g/mol. The quantitative estimate of drug-likeness (QED) is 0.736. The van der Waals surface area contributed by atoms with E-state index >= 15 is 0 Å². The van der Waals surface area contributed by atoms with Gasteiger partial charge in [0.05, 0.1) is 17.1 Å². The molecule has 2 fully saturated rings. The van der Waals surface area contributed by atoms with E-state index in [0.717, 1.165) is 32.5 Å². The van der Waals surface area contributed by atoms with E-state index in [4.69, 9.17) is 22.7 Å². The molecule has 2 N–H and O–H groups in total. The third kappa shape index (κ3) is 2.89. The van der Waals surface area contributed by atoms with Gasteiger partial charge in [0.25, 0.3) is 0 Å². The van der Waals surface area contributed by atoms with Crippen LogP contribution in [0.3, 0.4) is 0 Å². The van der Waals surface area contributed by atoms with Crippen LogP contribution in [0.1, 0.15) is 32.1 Å². The van der Waals surface area contributed by atoms with Gasteiger partial charge < -0.3 is 10.5 Å². The van der Waals surface area contributed by atoms with E-state index in [1.54, 1.807) is 0 Å². The molecule has 2 atom stereocenters. The minimum atomic E-state index is 0.349. The Labute approximate surface area is 96.9 Å². The van der Waals surface area contributed by atoms with Crippen molar-refractivity contribution in [2.45, 2.75) is 44.2 Å². The lowest BCUT2D eigenvalue weighted by molar-refractivity contribution is 0.0932. The summed E-state index contributed by atoms with van der Waals surface area (Å²) in [6.45, 7) is 3.19. The van der Waals surface area contributed by atoms with Gasteiger partial charge in [-0.3, -0.25) is 4.90 Å². The molecule has 2 unspecified atom stereocenters. The molecule has 0 aromatic rings. The lowest BCUT2D eigenvalue weighted by atomic mass is 10.1. The second kappa shape index (κ2) is 5.23. The average Bonchev–Trinajstić information content (AvgIpc) is 2.86. The van der Waals surface area contributed by atoms with E-state index in [0.29, 0.717) is 17.1 Å². The van der Waals surface area contributed by atoms with Crippen molar-refractivity contribution in [2.75, 3.05) is 19.7 Å². The van der Waals surface area contributed by atoms with Crippen molar-refractivity contribution in [1.82, 2.24) is 4.90 Å². The second-order valence-corrected chi connectivity index (χ2v) is 4.99. The van der Waals surface area contributed by atoms with Crippen LogP contribution in [0.2, 0.25) is 0 Å². The Balaban J connectivity index is 1.75. The second-order valence-electron chi connectivity index (χ2n) is 4.52. The van der Waals surface area contributed by atoms with E-state index in [1.165, 1.54) is 19.3 Å². The molecule has 0 aliphatic carbocycles. The Bertz CT molecular complexity index is 229. The van der Waals surface area contributed by atoms with Gasteiger partial charge in [-0.25, -0.2) is 0 Å². The molecule has 0 spiro atoms. The monoisotopic (exact) mass is 228 g/mol. The molecule has 0 bridgehead atoms. The highest BCUT2D eigenvalue weighted by molar-refractivity contribution is 7.80. The molecule has 0 radical (unpaired) electrons. The SMILES string of the molecule is NC(=S)C1CCCN1CCC1CCCO1. The molecule has 2 saturated heterocycles. The van der Waals surface area contributed by atoms with Crippen LogP contribution < -0.4 is 5.73 Å². The number of hydrogen-bond acceptors (Lipinski definition) is 3. The fraction of sp³-hybridized carbons (Fsp3) is 0.909. The normalized spacial score (nSPS) is 32.3. The number of hydrogen-bond donors (Lipinski definition) is 1. The lowest BCUT2D eigenvalue weighted by Crippen LogP contribution is -2.40. The van der Waals surface area contributed by atoms with Crippen LogP contribution >= 0.6 is 12.2 Å². The van der Waals surface area contributed by atoms with Crippen molar-refractivity contribution in [3.8, 4) is 0 Å². The van der Waals surface area contributed by atoms with E-state index in [2.05, 4.69) is 4.90 Å². The van der Waals surface area contributed by atoms with Crippen LogP contribution in [0.15, 0.2) is 0 Å². The lowest BCUT2D eigenvalue weighted by Gasteiger charge is -2.24. The summed E-state index contributed by atoms with van der Waals surface area (Å²) in [5.41, 5.74) is 5.73. The molecule has 0 saturated carbocycles. The van der Waals surface area contributed by atoms with Crippen LogP contribution in [0.25, 0.3) is 0 Å². The van der Waals surface area contributed by atoms with Gasteiger partial charge in [0, 0.05) is 13.2 Å². The first kappa shape index (κ1) is 11.3. The maximum Gasteiger partial charge on any atom is 0.0902 e. The molecular formula is C11H20N2OS.